The lowest BCUT2D eigenvalue weighted by Crippen LogP contribution is -2.53. The van der Waals surface area contributed by atoms with Crippen LogP contribution in [0.3, 0.4) is 0 Å². The molecule has 0 spiro atoms. The highest BCUT2D eigenvalue weighted by atomic mass is 16.3. The van der Waals surface area contributed by atoms with Gasteiger partial charge >= 0.3 is 0 Å². The lowest BCUT2D eigenvalue weighted by molar-refractivity contribution is -0.121. The molecule has 1 atom stereocenters. The molecule has 2 aliphatic heterocycles. The molecule has 5 nitrogen and oxygen atoms in total. The maximum Gasteiger partial charge on any atom is 0.221 e. The van der Waals surface area contributed by atoms with Crippen molar-refractivity contribution in [2.75, 3.05) is 39.3 Å². The summed E-state index contributed by atoms with van der Waals surface area (Å²) in [6.07, 6.45) is 2.84. The zero-order chi connectivity index (χ0) is 13.9. The van der Waals surface area contributed by atoms with Crippen molar-refractivity contribution in [1.29, 1.82) is 0 Å². The van der Waals surface area contributed by atoms with Crippen LogP contribution in [-0.4, -0.2) is 71.7 Å². The summed E-state index contributed by atoms with van der Waals surface area (Å²) in [5, 5.41) is 12.8. The topological polar surface area (TPSA) is 55.8 Å². The molecule has 0 bridgehead atoms. The number of carbonyl (C=O) groups excluding carboxylic acids is 1. The fourth-order valence-electron chi connectivity index (χ4n) is 3.10. The van der Waals surface area contributed by atoms with Crippen LogP contribution in [0.4, 0.5) is 0 Å². The van der Waals surface area contributed by atoms with E-state index >= 15 is 0 Å². The zero-order valence-electron chi connectivity index (χ0n) is 12.2. The molecule has 1 unspecified atom stereocenters. The third kappa shape index (κ3) is 4.75. The van der Waals surface area contributed by atoms with Gasteiger partial charge in [0, 0.05) is 51.7 Å². The normalized spacial score (nSPS) is 27.9. The molecule has 0 aliphatic carbocycles. The average Bonchev–Trinajstić information content (AvgIpc) is 2.53. The number of nitrogens with one attached hydrogen (secondary N) is 1. The highest BCUT2D eigenvalue weighted by molar-refractivity contribution is 5.76. The van der Waals surface area contributed by atoms with Crippen molar-refractivity contribution in [2.45, 2.75) is 44.8 Å². The minimum absolute atomic E-state index is 0.196. The fraction of sp³-hybridized carbons (Fsp3) is 0.929. The van der Waals surface area contributed by atoms with Gasteiger partial charge in [0.05, 0.1) is 5.60 Å². The van der Waals surface area contributed by atoms with Gasteiger partial charge in [-0.05, 0) is 26.7 Å². The minimum Gasteiger partial charge on any atom is -0.389 e. The van der Waals surface area contributed by atoms with E-state index in [2.05, 4.69) is 15.1 Å². The van der Waals surface area contributed by atoms with Crippen LogP contribution in [0.15, 0.2) is 0 Å². The van der Waals surface area contributed by atoms with Gasteiger partial charge in [0.15, 0.2) is 0 Å². The Kier molecular flexibility index (Phi) is 4.81. The van der Waals surface area contributed by atoms with Gasteiger partial charge in [0.2, 0.25) is 5.91 Å². The number of amides is 1. The van der Waals surface area contributed by atoms with Crippen molar-refractivity contribution >= 4 is 5.91 Å². The first kappa shape index (κ1) is 14.8. The summed E-state index contributed by atoms with van der Waals surface area (Å²) in [6, 6.07) is 0.409. The maximum atomic E-state index is 11.6. The molecule has 0 aromatic heterocycles. The predicted octanol–water partition coefficient (Wildman–Crippen LogP) is 0.0436. The van der Waals surface area contributed by atoms with Crippen LogP contribution in [-0.2, 0) is 4.79 Å². The van der Waals surface area contributed by atoms with Crippen LogP contribution in [0.2, 0.25) is 0 Å². The van der Waals surface area contributed by atoms with Crippen molar-refractivity contribution in [2.24, 2.45) is 0 Å². The van der Waals surface area contributed by atoms with Gasteiger partial charge in [0.1, 0.15) is 0 Å². The van der Waals surface area contributed by atoms with Gasteiger partial charge in [-0.1, -0.05) is 0 Å². The highest BCUT2D eigenvalue weighted by Gasteiger charge is 2.28. The SMILES string of the molecule is CC(C)(O)CN1CCN(C2CCCNC(=O)C2)CC1. The van der Waals surface area contributed by atoms with E-state index < -0.39 is 5.60 Å². The Labute approximate surface area is 115 Å². The first-order valence-corrected chi connectivity index (χ1v) is 7.39. The van der Waals surface area contributed by atoms with E-state index in [0.717, 1.165) is 52.1 Å². The molecular formula is C14H27N3O2. The highest BCUT2D eigenvalue weighted by Crippen LogP contribution is 2.17. The first-order chi connectivity index (χ1) is 8.94. The van der Waals surface area contributed by atoms with E-state index in [-0.39, 0.29) is 5.91 Å². The number of β-amino-alcohol motifs (C(OH)–C–C–N with tert-alkyl or cyclic N) is 1. The number of hydrogen-bond donors (Lipinski definition) is 2. The second kappa shape index (κ2) is 6.20. The number of aliphatic hydroxyl groups is 1. The molecule has 19 heavy (non-hydrogen) atoms. The molecule has 2 fully saturated rings. The molecule has 2 saturated heterocycles. The number of piperazine rings is 1. The summed E-state index contributed by atoms with van der Waals surface area (Å²) in [5.41, 5.74) is -0.621. The van der Waals surface area contributed by atoms with E-state index in [1.165, 1.54) is 0 Å². The smallest absolute Gasteiger partial charge is 0.221 e. The van der Waals surface area contributed by atoms with Crippen molar-refractivity contribution in [3.8, 4) is 0 Å². The molecule has 2 heterocycles. The Morgan fingerprint density at radius 1 is 1.32 bits per heavy atom. The molecule has 2 rings (SSSR count). The van der Waals surface area contributed by atoms with Crippen molar-refractivity contribution < 1.29 is 9.90 Å². The monoisotopic (exact) mass is 269 g/mol. The lowest BCUT2D eigenvalue weighted by atomic mass is 10.1. The van der Waals surface area contributed by atoms with Crippen LogP contribution in [0.5, 0.6) is 0 Å². The maximum absolute atomic E-state index is 11.6. The summed E-state index contributed by atoms with van der Waals surface area (Å²) in [5.74, 6) is 0.196. The van der Waals surface area contributed by atoms with Gasteiger partial charge < -0.3 is 10.4 Å². The van der Waals surface area contributed by atoms with Gasteiger partial charge in [-0.15, -0.1) is 0 Å². The molecule has 0 aromatic carbocycles. The van der Waals surface area contributed by atoms with Crippen LogP contribution in [0.25, 0.3) is 0 Å². The lowest BCUT2D eigenvalue weighted by Gasteiger charge is -2.40. The molecule has 0 aromatic rings. The third-order valence-electron chi connectivity index (χ3n) is 3.99. The molecule has 110 valence electrons. The predicted molar refractivity (Wildman–Crippen MR) is 75.0 cm³/mol. The fourth-order valence-corrected chi connectivity index (χ4v) is 3.10. The third-order valence-corrected chi connectivity index (χ3v) is 3.99. The van der Waals surface area contributed by atoms with E-state index in [4.69, 9.17) is 0 Å². The number of nitrogens with zero attached hydrogens (tertiary/aromatic N) is 2. The Balaban J connectivity index is 1.80. The van der Waals surface area contributed by atoms with Crippen molar-refractivity contribution in [1.82, 2.24) is 15.1 Å². The summed E-state index contributed by atoms with van der Waals surface area (Å²) in [7, 11) is 0. The van der Waals surface area contributed by atoms with Gasteiger partial charge in [-0.2, -0.15) is 0 Å². The van der Waals surface area contributed by atoms with Crippen LogP contribution >= 0.6 is 0 Å². The number of hydrogen-bond acceptors (Lipinski definition) is 4. The number of rotatable bonds is 3. The van der Waals surface area contributed by atoms with E-state index in [1.54, 1.807) is 0 Å². The van der Waals surface area contributed by atoms with Crippen molar-refractivity contribution in [3.05, 3.63) is 0 Å². The number of carbonyl (C=O) groups is 1. The Morgan fingerprint density at radius 2 is 2.00 bits per heavy atom. The van der Waals surface area contributed by atoms with Crippen LogP contribution in [0.1, 0.15) is 33.1 Å². The van der Waals surface area contributed by atoms with E-state index in [9.17, 15) is 9.90 Å². The van der Waals surface area contributed by atoms with Gasteiger partial charge in [-0.3, -0.25) is 14.6 Å². The molecule has 0 saturated carbocycles. The Bertz CT molecular complexity index is 306. The summed E-state index contributed by atoms with van der Waals surface area (Å²) < 4.78 is 0. The van der Waals surface area contributed by atoms with Gasteiger partial charge in [0.25, 0.3) is 0 Å². The first-order valence-electron chi connectivity index (χ1n) is 7.39. The van der Waals surface area contributed by atoms with Crippen molar-refractivity contribution in [3.63, 3.8) is 0 Å². The van der Waals surface area contributed by atoms with E-state index in [1.807, 2.05) is 13.8 Å². The molecule has 1 amide bonds. The largest absolute Gasteiger partial charge is 0.389 e. The Hall–Kier alpha value is -0.650. The second-order valence-electron chi connectivity index (χ2n) is 6.47. The average molecular weight is 269 g/mol. The Morgan fingerprint density at radius 3 is 2.63 bits per heavy atom. The summed E-state index contributed by atoms with van der Waals surface area (Å²) in [4.78, 5) is 16.4. The molecule has 2 aliphatic rings. The molecular weight excluding hydrogens is 242 g/mol. The second-order valence-corrected chi connectivity index (χ2v) is 6.47. The van der Waals surface area contributed by atoms with Crippen LogP contribution < -0.4 is 5.32 Å². The van der Waals surface area contributed by atoms with Gasteiger partial charge in [-0.25, -0.2) is 0 Å². The summed E-state index contributed by atoms with van der Waals surface area (Å²) in [6.45, 7) is 9.26. The summed E-state index contributed by atoms with van der Waals surface area (Å²) >= 11 is 0. The molecule has 0 radical (unpaired) electrons. The minimum atomic E-state index is -0.621. The zero-order valence-corrected chi connectivity index (χ0v) is 12.2. The standard InChI is InChI=1S/C14H27N3O2/c1-14(2,19)11-16-6-8-17(9-7-16)12-4-3-5-15-13(18)10-12/h12,19H,3-11H2,1-2H3,(H,15,18). The van der Waals surface area contributed by atoms with Crippen LogP contribution in [0, 0.1) is 0 Å². The quantitative estimate of drug-likeness (QED) is 0.760. The molecule has 2 N–H and O–H groups in total. The molecule has 5 heteroatoms. The van der Waals surface area contributed by atoms with E-state index in [0.29, 0.717) is 12.5 Å².